The molecule has 0 fully saturated rings. The number of likely N-dealkylation sites (N-methyl/N-ethyl adjacent to an activating group) is 2. The van der Waals surface area contributed by atoms with E-state index in [1.165, 1.54) is 0 Å². The third kappa shape index (κ3) is 8.89. The smallest absolute Gasteiger partial charge is 0.410 e. The van der Waals surface area contributed by atoms with Gasteiger partial charge in [-0.25, -0.2) is 4.79 Å². The van der Waals surface area contributed by atoms with Gasteiger partial charge in [0.05, 0.1) is 12.8 Å². The molecule has 0 heterocycles. The van der Waals surface area contributed by atoms with Gasteiger partial charge in [0.15, 0.2) is 0 Å². The molecule has 0 saturated heterocycles. The molecule has 0 rings (SSSR count). The molecule has 0 aromatic rings. The van der Waals surface area contributed by atoms with Crippen molar-refractivity contribution in [3.8, 4) is 0 Å². The number of amides is 1. The van der Waals surface area contributed by atoms with Gasteiger partial charge < -0.3 is 25.0 Å². The number of carbonyl (C=O) groups excluding carboxylic acids is 1. The van der Waals surface area contributed by atoms with Crippen LogP contribution >= 0.6 is 0 Å². The van der Waals surface area contributed by atoms with Crippen LogP contribution in [-0.4, -0.2) is 55.3 Å². The van der Waals surface area contributed by atoms with Gasteiger partial charge in [-0.15, -0.1) is 0 Å². The standard InChI is InChI=1S/C21H39N3O3/c1-10-16(4)19(22)18(26-9)15-17(11-2)24(12-3)14-13-23(8)20(25)27-21(5,6)7/h11,15H,10,12-14,22H2,1-9H3/b17-11+,18-15+,19-16?. The van der Waals surface area contributed by atoms with Crippen LogP contribution in [0.15, 0.2) is 34.9 Å². The first-order valence-electron chi connectivity index (χ1n) is 9.57. The number of hydrogen-bond acceptors (Lipinski definition) is 5. The molecule has 0 saturated carbocycles. The molecule has 0 aliphatic heterocycles. The molecule has 0 spiro atoms. The van der Waals surface area contributed by atoms with E-state index in [0.717, 1.165) is 24.2 Å². The monoisotopic (exact) mass is 381 g/mol. The van der Waals surface area contributed by atoms with E-state index in [9.17, 15) is 4.79 Å². The third-order valence-corrected chi connectivity index (χ3v) is 4.21. The summed E-state index contributed by atoms with van der Waals surface area (Å²) in [5, 5.41) is 0. The van der Waals surface area contributed by atoms with Gasteiger partial charge in [0.2, 0.25) is 0 Å². The van der Waals surface area contributed by atoms with Gasteiger partial charge in [-0.1, -0.05) is 13.0 Å². The summed E-state index contributed by atoms with van der Waals surface area (Å²) in [6.07, 6.45) is 4.52. The number of carbonyl (C=O) groups is 1. The average molecular weight is 382 g/mol. The molecule has 6 heteroatoms. The second-order valence-electron chi connectivity index (χ2n) is 7.46. The number of nitrogens with two attached hydrogens (primary N) is 1. The fourth-order valence-electron chi connectivity index (χ4n) is 2.31. The normalized spacial score (nSPS) is 13.8. The van der Waals surface area contributed by atoms with Crippen molar-refractivity contribution in [2.45, 2.75) is 60.5 Å². The van der Waals surface area contributed by atoms with Crippen LogP contribution in [0, 0.1) is 0 Å². The van der Waals surface area contributed by atoms with Crippen molar-refractivity contribution in [2.24, 2.45) is 5.73 Å². The van der Waals surface area contributed by atoms with Crippen molar-refractivity contribution >= 4 is 6.09 Å². The highest BCUT2D eigenvalue weighted by Crippen LogP contribution is 2.17. The summed E-state index contributed by atoms with van der Waals surface area (Å²) in [5.41, 5.74) is 8.48. The van der Waals surface area contributed by atoms with E-state index in [1.54, 1.807) is 19.1 Å². The molecule has 156 valence electrons. The van der Waals surface area contributed by atoms with E-state index < -0.39 is 5.60 Å². The molecule has 0 atom stereocenters. The minimum absolute atomic E-state index is 0.320. The summed E-state index contributed by atoms with van der Waals surface area (Å²) in [6.45, 7) is 15.7. The van der Waals surface area contributed by atoms with Gasteiger partial charge in [0, 0.05) is 38.5 Å². The molecule has 1 amide bonds. The molecule has 0 unspecified atom stereocenters. The van der Waals surface area contributed by atoms with Crippen molar-refractivity contribution in [1.29, 1.82) is 0 Å². The van der Waals surface area contributed by atoms with Gasteiger partial charge in [-0.2, -0.15) is 0 Å². The maximum Gasteiger partial charge on any atom is 0.410 e. The van der Waals surface area contributed by atoms with Gasteiger partial charge >= 0.3 is 6.09 Å². The van der Waals surface area contributed by atoms with Crippen molar-refractivity contribution in [2.75, 3.05) is 33.8 Å². The molecule has 0 radical (unpaired) electrons. The second kappa shape index (κ2) is 11.6. The maximum absolute atomic E-state index is 12.1. The summed E-state index contributed by atoms with van der Waals surface area (Å²) in [4.78, 5) is 15.9. The maximum atomic E-state index is 12.1. The lowest BCUT2D eigenvalue weighted by Crippen LogP contribution is -2.39. The SMILES string of the molecule is C/C=C(\C=C(\OC)C(N)=C(C)CC)N(CC)CCN(C)C(=O)OC(C)(C)C. The summed E-state index contributed by atoms with van der Waals surface area (Å²) < 4.78 is 10.9. The molecule has 0 bridgehead atoms. The van der Waals surface area contributed by atoms with E-state index in [0.29, 0.717) is 24.5 Å². The lowest BCUT2D eigenvalue weighted by Gasteiger charge is -2.29. The Hall–Kier alpha value is -2.11. The number of methoxy groups -OCH3 is 1. The number of hydrogen-bond donors (Lipinski definition) is 1. The zero-order valence-electron chi connectivity index (χ0n) is 18.7. The van der Waals surface area contributed by atoms with Crippen LogP contribution in [0.4, 0.5) is 4.79 Å². The molecule has 0 aromatic carbocycles. The predicted molar refractivity (Wildman–Crippen MR) is 112 cm³/mol. The highest BCUT2D eigenvalue weighted by atomic mass is 16.6. The zero-order valence-corrected chi connectivity index (χ0v) is 18.7. The van der Waals surface area contributed by atoms with Gasteiger partial charge in [-0.3, -0.25) is 0 Å². The molecule has 0 aliphatic rings. The Balaban J connectivity index is 5.23. The summed E-state index contributed by atoms with van der Waals surface area (Å²) in [6, 6.07) is 0. The lowest BCUT2D eigenvalue weighted by atomic mass is 10.1. The van der Waals surface area contributed by atoms with Crippen LogP contribution in [0.1, 0.15) is 54.9 Å². The van der Waals surface area contributed by atoms with E-state index in [-0.39, 0.29) is 6.09 Å². The van der Waals surface area contributed by atoms with E-state index in [2.05, 4.69) is 18.7 Å². The minimum atomic E-state index is -0.499. The Bertz CT molecular complexity index is 572. The fourth-order valence-corrected chi connectivity index (χ4v) is 2.31. The van der Waals surface area contributed by atoms with Crippen LogP contribution in [0.3, 0.4) is 0 Å². The van der Waals surface area contributed by atoms with Crippen LogP contribution in [0.2, 0.25) is 0 Å². The molecule has 0 aromatic heterocycles. The number of nitrogens with zero attached hydrogens (tertiary/aromatic N) is 2. The molecular formula is C21H39N3O3. The zero-order chi connectivity index (χ0) is 21.2. The average Bonchev–Trinajstić information content (AvgIpc) is 2.61. The first kappa shape index (κ1) is 24.9. The Morgan fingerprint density at radius 1 is 1.19 bits per heavy atom. The Morgan fingerprint density at radius 2 is 1.78 bits per heavy atom. The summed E-state index contributed by atoms with van der Waals surface area (Å²) >= 11 is 0. The Morgan fingerprint density at radius 3 is 2.19 bits per heavy atom. The van der Waals surface area contributed by atoms with Gasteiger partial charge in [-0.05, 0) is 53.5 Å². The highest BCUT2D eigenvalue weighted by Gasteiger charge is 2.20. The lowest BCUT2D eigenvalue weighted by molar-refractivity contribution is 0.0289. The van der Waals surface area contributed by atoms with Crippen LogP contribution < -0.4 is 5.73 Å². The molecule has 27 heavy (non-hydrogen) atoms. The van der Waals surface area contributed by atoms with Crippen molar-refractivity contribution in [3.05, 3.63) is 34.9 Å². The quantitative estimate of drug-likeness (QED) is 0.478. The third-order valence-electron chi connectivity index (χ3n) is 4.21. The van der Waals surface area contributed by atoms with Gasteiger partial charge in [0.25, 0.3) is 0 Å². The minimum Gasteiger partial charge on any atom is -0.495 e. The van der Waals surface area contributed by atoms with Crippen molar-refractivity contribution in [1.82, 2.24) is 9.80 Å². The van der Waals surface area contributed by atoms with E-state index >= 15 is 0 Å². The summed E-state index contributed by atoms with van der Waals surface area (Å²) in [7, 11) is 3.38. The molecule has 0 aliphatic carbocycles. The fraction of sp³-hybridized carbons (Fsp3) is 0.667. The topological polar surface area (TPSA) is 68.0 Å². The first-order valence-corrected chi connectivity index (χ1v) is 9.57. The largest absolute Gasteiger partial charge is 0.495 e. The highest BCUT2D eigenvalue weighted by molar-refractivity contribution is 5.67. The van der Waals surface area contributed by atoms with Gasteiger partial charge in [0.1, 0.15) is 11.4 Å². The van der Waals surface area contributed by atoms with Crippen molar-refractivity contribution < 1.29 is 14.3 Å². The number of rotatable bonds is 9. The van der Waals surface area contributed by atoms with E-state index in [1.807, 2.05) is 46.8 Å². The number of ether oxygens (including phenoxy) is 2. The Labute approximate surface area is 165 Å². The summed E-state index contributed by atoms with van der Waals surface area (Å²) in [5.74, 6) is 0.654. The molecular weight excluding hydrogens is 342 g/mol. The van der Waals surface area contributed by atoms with E-state index in [4.69, 9.17) is 15.2 Å². The van der Waals surface area contributed by atoms with Crippen LogP contribution in [-0.2, 0) is 9.47 Å². The Kier molecular flexibility index (Phi) is 10.7. The predicted octanol–water partition coefficient (Wildman–Crippen LogP) is 4.25. The van der Waals surface area contributed by atoms with Crippen LogP contribution in [0.25, 0.3) is 0 Å². The first-order chi connectivity index (χ1) is 12.5. The molecule has 6 nitrogen and oxygen atoms in total. The molecule has 2 N–H and O–H groups in total. The van der Waals surface area contributed by atoms with Crippen LogP contribution in [0.5, 0.6) is 0 Å². The number of allylic oxidation sites excluding steroid dienone is 3. The second-order valence-corrected chi connectivity index (χ2v) is 7.46. The van der Waals surface area contributed by atoms with Crippen molar-refractivity contribution in [3.63, 3.8) is 0 Å².